The maximum absolute atomic E-state index is 8.71. The number of aliphatic hydroxyl groups excluding tert-OH is 1. The molecule has 0 saturated heterocycles. The van der Waals surface area contributed by atoms with Gasteiger partial charge < -0.3 is 10.4 Å². The molecule has 2 N–H and O–H groups in total. The number of rotatable bonds is 7. The Kier molecular flexibility index (Phi) is 5.67. The lowest BCUT2D eigenvalue weighted by atomic mass is 10.1. The number of fused-ring (bicyclic) bond motifs is 1. The normalized spacial score (nSPS) is 18.0. The molecule has 0 aromatic heterocycles. The summed E-state index contributed by atoms with van der Waals surface area (Å²) in [5.74, 6) is 0. The first-order valence-corrected chi connectivity index (χ1v) is 7.73. The Morgan fingerprint density at radius 2 is 2.06 bits per heavy atom. The van der Waals surface area contributed by atoms with Crippen LogP contribution < -0.4 is 5.32 Å². The van der Waals surface area contributed by atoms with Crippen LogP contribution in [0.25, 0.3) is 0 Å². The van der Waals surface area contributed by atoms with Crippen LogP contribution >= 0.6 is 15.9 Å². The first-order chi connectivity index (χ1) is 8.81. The number of aliphatic hydroxyl groups is 1. The molecule has 0 aliphatic heterocycles. The molecule has 2 rings (SSSR count). The van der Waals surface area contributed by atoms with E-state index in [0.29, 0.717) is 12.6 Å². The Hall–Kier alpha value is -0.380. The predicted octanol–water partition coefficient (Wildman–Crippen LogP) is 3.58. The van der Waals surface area contributed by atoms with Crippen molar-refractivity contribution in [1.82, 2.24) is 5.32 Å². The van der Waals surface area contributed by atoms with Gasteiger partial charge in [0.05, 0.1) is 0 Å². The van der Waals surface area contributed by atoms with Gasteiger partial charge >= 0.3 is 0 Å². The van der Waals surface area contributed by atoms with E-state index in [0.717, 1.165) is 19.4 Å². The number of halogens is 1. The van der Waals surface area contributed by atoms with E-state index in [1.807, 2.05) is 0 Å². The zero-order chi connectivity index (χ0) is 12.8. The second-order valence-corrected chi connectivity index (χ2v) is 5.94. The predicted molar refractivity (Wildman–Crippen MR) is 78.8 cm³/mol. The largest absolute Gasteiger partial charge is 0.396 e. The highest BCUT2D eigenvalue weighted by Gasteiger charge is 2.21. The fourth-order valence-corrected chi connectivity index (χ4v) is 3.07. The van der Waals surface area contributed by atoms with Gasteiger partial charge in [-0.3, -0.25) is 0 Å². The number of hydrogen-bond acceptors (Lipinski definition) is 2. The molecule has 1 aromatic rings. The Balaban J connectivity index is 1.73. The summed E-state index contributed by atoms with van der Waals surface area (Å²) in [5, 5.41) is 12.4. The summed E-state index contributed by atoms with van der Waals surface area (Å²) in [4.78, 5) is 0. The summed E-state index contributed by atoms with van der Waals surface area (Å²) in [5.41, 5.74) is 2.97. The van der Waals surface area contributed by atoms with Crippen LogP contribution in [0.5, 0.6) is 0 Å². The minimum absolute atomic E-state index is 0.332. The number of unbranched alkanes of at least 4 members (excludes halogenated alkanes) is 3. The topological polar surface area (TPSA) is 32.3 Å². The van der Waals surface area contributed by atoms with Gasteiger partial charge in [0.15, 0.2) is 0 Å². The fourth-order valence-electron chi connectivity index (χ4n) is 2.66. The van der Waals surface area contributed by atoms with Crippen molar-refractivity contribution < 1.29 is 5.11 Å². The number of benzene rings is 1. The van der Waals surface area contributed by atoms with Gasteiger partial charge in [0.25, 0.3) is 0 Å². The molecule has 1 aromatic carbocycles. The third kappa shape index (κ3) is 3.81. The first-order valence-electron chi connectivity index (χ1n) is 6.94. The molecule has 100 valence electrons. The van der Waals surface area contributed by atoms with Gasteiger partial charge in [-0.15, -0.1) is 0 Å². The average molecular weight is 312 g/mol. The third-order valence-electron chi connectivity index (χ3n) is 3.66. The summed E-state index contributed by atoms with van der Waals surface area (Å²) in [6.07, 6.45) is 6.93. The molecule has 0 radical (unpaired) electrons. The minimum atomic E-state index is 0.332. The molecule has 1 atom stereocenters. The lowest BCUT2D eigenvalue weighted by molar-refractivity contribution is 0.282. The Labute approximate surface area is 118 Å². The summed E-state index contributed by atoms with van der Waals surface area (Å²) < 4.78 is 1.19. The van der Waals surface area contributed by atoms with Gasteiger partial charge in [0, 0.05) is 17.1 Å². The van der Waals surface area contributed by atoms with Crippen LogP contribution in [0.4, 0.5) is 0 Å². The third-order valence-corrected chi connectivity index (χ3v) is 4.15. The molecule has 0 saturated carbocycles. The molecule has 0 bridgehead atoms. The maximum atomic E-state index is 8.71. The van der Waals surface area contributed by atoms with Gasteiger partial charge in [-0.2, -0.15) is 0 Å². The lowest BCUT2D eigenvalue weighted by Crippen LogP contribution is -2.20. The van der Waals surface area contributed by atoms with Crippen molar-refractivity contribution in [2.45, 2.75) is 44.6 Å². The smallest absolute Gasteiger partial charge is 0.0431 e. The lowest BCUT2D eigenvalue weighted by Gasteiger charge is -2.14. The molecule has 1 unspecified atom stereocenters. The van der Waals surface area contributed by atoms with Crippen LogP contribution in [-0.2, 0) is 6.42 Å². The molecule has 1 aliphatic rings. The maximum Gasteiger partial charge on any atom is 0.0431 e. The summed E-state index contributed by atoms with van der Waals surface area (Å²) >= 11 is 3.53. The van der Waals surface area contributed by atoms with Crippen molar-refractivity contribution in [2.24, 2.45) is 0 Å². The zero-order valence-corrected chi connectivity index (χ0v) is 12.4. The van der Waals surface area contributed by atoms with Gasteiger partial charge in [-0.25, -0.2) is 0 Å². The van der Waals surface area contributed by atoms with Gasteiger partial charge in [0.1, 0.15) is 0 Å². The molecule has 0 heterocycles. The number of nitrogens with one attached hydrogen (secondary N) is 1. The molecule has 3 heteroatoms. The van der Waals surface area contributed by atoms with Crippen LogP contribution in [0.1, 0.15) is 49.3 Å². The van der Waals surface area contributed by atoms with Crippen molar-refractivity contribution >= 4 is 15.9 Å². The van der Waals surface area contributed by atoms with E-state index in [2.05, 4.69) is 39.4 Å². The molecular weight excluding hydrogens is 290 g/mol. The second kappa shape index (κ2) is 7.27. The van der Waals surface area contributed by atoms with E-state index in [1.54, 1.807) is 0 Å². The zero-order valence-electron chi connectivity index (χ0n) is 10.8. The van der Waals surface area contributed by atoms with E-state index >= 15 is 0 Å². The van der Waals surface area contributed by atoms with Crippen LogP contribution in [0, 0.1) is 0 Å². The van der Waals surface area contributed by atoms with E-state index < -0.39 is 0 Å². The van der Waals surface area contributed by atoms with Crippen LogP contribution in [0.2, 0.25) is 0 Å². The minimum Gasteiger partial charge on any atom is -0.396 e. The van der Waals surface area contributed by atoms with Crippen molar-refractivity contribution in [2.75, 3.05) is 13.2 Å². The molecule has 0 amide bonds. The molecule has 2 nitrogen and oxygen atoms in total. The van der Waals surface area contributed by atoms with Crippen LogP contribution in [-0.4, -0.2) is 18.3 Å². The summed E-state index contributed by atoms with van der Waals surface area (Å²) in [6, 6.07) is 7.18. The highest BCUT2D eigenvalue weighted by Crippen LogP contribution is 2.32. The highest BCUT2D eigenvalue weighted by molar-refractivity contribution is 9.10. The molecule has 1 aliphatic carbocycles. The van der Waals surface area contributed by atoms with E-state index in [-0.39, 0.29) is 0 Å². The van der Waals surface area contributed by atoms with Crippen molar-refractivity contribution in [3.8, 4) is 0 Å². The quantitative estimate of drug-likeness (QED) is 0.754. The Morgan fingerprint density at radius 3 is 2.89 bits per heavy atom. The first kappa shape index (κ1) is 14.0. The molecule has 0 spiro atoms. The molecular formula is C15H22BrNO. The molecule has 18 heavy (non-hydrogen) atoms. The van der Waals surface area contributed by atoms with E-state index in [4.69, 9.17) is 5.11 Å². The van der Waals surface area contributed by atoms with Crippen LogP contribution in [0.3, 0.4) is 0 Å². The highest BCUT2D eigenvalue weighted by atomic mass is 79.9. The van der Waals surface area contributed by atoms with Crippen LogP contribution in [0.15, 0.2) is 22.7 Å². The number of aryl methyl sites for hydroxylation is 1. The standard InChI is InChI=1S/C15H22BrNO/c16-13-6-7-14-12(11-13)5-8-15(14)17-9-3-1-2-4-10-18/h6-7,11,15,17-18H,1-5,8-10H2. The summed E-state index contributed by atoms with van der Waals surface area (Å²) in [7, 11) is 0. The number of hydrogen-bond donors (Lipinski definition) is 2. The van der Waals surface area contributed by atoms with Crippen molar-refractivity contribution in [1.29, 1.82) is 0 Å². The Morgan fingerprint density at radius 1 is 1.22 bits per heavy atom. The van der Waals surface area contributed by atoms with Gasteiger partial charge in [-0.1, -0.05) is 34.8 Å². The summed E-state index contributed by atoms with van der Waals surface area (Å²) in [6.45, 7) is 1.42. The monoisotopic (exact) mass is 311 g/mol. The SMILES string of the molecule is OCCCCCCNC1CCc2cc(Br)ccc21. The van der Waals surface area contributed by atoms with E-state index in [1.165, 1.54) is 41.3 Å². The molecule has 0 fully saturated rings. The van der Waals surface area contributed by atoms with E-state index in [9.17, 15) is 0 Å². The fraction of sp³-hybridized carbons (Fsp3) is 0.600. The Bertz CT molecular complexity index is 381. The van der Waals surface area contributed by atoms with Crippen molar-refractivity contribution in [3.05, 3.63) is 33.8 Å². The van der Waals surface area contributed by atoms with Gasteiger partial charge in [-0.05, 0) is 55.5 Å². The second-order valence-electron chi connectivity index (χ2n) is 5.03. The average Bonchev–Trinajstić information content (AvgIpc) is 2.76. The van der Waals surface area contributed by atoms with Gasteiger partial charge in [0.2, 0.25) is 0 Å². The van der Waals surface area contributed by atoms with Crippen molar-refractivity contribution in [3.63, 3.8) is 0 Å².